The number of likely N-dealkylation sites (tertiary alicyclic amines) is 1. The smallest absolute Gasteiger partial charge is 0.159 e. The number of ether oxygens (including phenoxy) is 1. The van der Waals surface area contributed by atoms with Gasteiger partial charge in [0.15, 0.2) is 5.78 Å². The normalized spacial score (nSPS) is 25.8. The molecule has 1 aromatic carbocycles. The van der Waals surface area contributed by atoms with Crippen molar-refractivity contribution in [3.05, 3.63) is 35.4 Å². The van der Waals surface area contributed by atoms with Crippen LogP contribution < -0.4 is 0 Å². The largest absolute Gasteiger partial charge is 0.396 e. The second kappa shape index (κ2) is 8.90. The Balaban J connectivity index is 1.58. The summed E-state index contributed by atoms with van der Waals surface area (Å²) < 4.78 is 5.44. The summed E-state index contributed by atoms with van der Waals surface area (Å²) in [6.07, 6.45) is 1.10. The molecule has 0 bridgehead atoms. The van der Waals surface area contributed by atoms with Crippen LogP contribution in [0.2, 0.25) is 0 Å². The van der Waals surface area contributed by atoms with Crippen LogP contribution in [0.3, 0.4) is 0 Å². The number of benzene rings is 1. The minimum absolute atomic E-state index is 0.107. The van der Waals surface area contributed by atoms with E-state index in [1.165, 1.54) is 5.56 Å². The van der Waals surface area contributed by atoms with Gasteiger partial charge in [0, 0.05) is 51.4 Å². The zero-order valence-corrected chi connectivity index (χ0v) is 15.2. The lowest BCUT2D eigenvalue weighted by molar-refractivity contribution is 0.0117. The van der Waals surface area contributed by atoms with E-state index in [2.05, 4.69) is 21.9 Å². The Morgan fingerprint density at radius 2 is 1.80 bits per heavy atom. The molecule has 2 aliphatic heterocycles. The molecule has 138 valence electrons. The van der Waals surface area contributed by atoms with Crippen LogP contribution in [0.15, 0.2) is 24.3 Å². The van der Waals surface area contributed by atoms with Gasteiger partial charge < -0.3 is 9.84 Å². The van der Waals surface area contributed by atoms with E-state index in [0.29, 0.717) is 11.8 Å². The quantitative estimate of drug-likeness (QED) is 0.794. The average Bonchev–Trinajstić information content (AvgIpc) is 2.63. The van der Waals surface area contributed by atoms with E-state index in [4.69, 9.17) is 4.74 Å². The zero-order chi connectivity index (χ0) is 17.6. The van der Waals surface area contributed by atoms with Crippen molar-refractivity contribution in [2.24, 2.45) is 11.8 Å². The molecule has 2 heterocycles. The fraction of sp³-hybridized carbons (Fsp3) is 0.650. The van der Waals surface area contributed by atoms with Crippen molar-refractivity contribution in [3.63, 3.8) is 0 Å². The van der Waals surface area contributed by atoms with Crippen LogP contribution >= 0.6 is 0 Å². The highest BCUT2D eigenvalue weighted by Gasteiger charge is 2.28. The van der Waals surface area contributed by atoms with E-state index >= 15 is 0 Å². The van der Waals surface area contributed by atoms with Gasteiger partial charge in [0.05, 0.1) is 13.2 Å². The summed E-state index contributed by atoms with van der Waals surface area (Å²) in [5, 5.41) is 9.70. The highest BCUT2D eigenvalue weighted by molar-refractivity contribution is 5.93. The molecule has 0 saturated carbocycles. The maximum Gasteiger partial charge on any atom is 0.159 e. The van der Waals surface area contributed by atoms with Crippen molar-refractivity contribution < 1.29 is 14.6 Å². The van der Waals surface area contributed by atoms with E-state index in [1.807, 2.05) is 12.1 Å². The molecule has 1 N–H and O–H groups in total. The number of aliphatic hydroxyl groups excluding tert-OH is 1. The molecule has 0 radical (unpaired) electrons. The maximum atomic E-state index is 11.4. The number of rotatable bonds is 6. The van der Waals surface area contributed by atoms with Crippen LogP contribution in [0.5, 0.6) is 0 Å². The number of carbonyl (C=O) groups is 1. The van der Waals surface area contributed by atoms with Crippen molar-refractivity contribution in [1.29, 1.82) is 0 Å². The first-order chi connectivity index (χ1) is 12.1. The molecule has 25 heavy (non-hydrogen) atoms. The number of aliphatic hydroxyl groups is 1. The lowest BCUT2D eigenvalue weighted by Crippen LogP contribution is -2.47. The highest BCUT2D eigenvalue weighted by atomic mass is 16.5. The number of ketones is 1. The standard InChI is InChI=1S/C20H30N2O3/c1-16(24)20-4-2-17(3-5-20)11-22-13-18(10-19(14-22)15-23)12-21-6-8-25-9-7-21/h2-5,18-19,23H,6-15H2,1H3. The Morgan fingerprint density at radius 3 is 2.44 bits per heavy atom. The summed E-state index contributed by atoms with van der Waals surface area (Å²) >= 11 is 0. The lowest BCUT2D eigenvalue weighted by Gasteiger charge is -2.40. The monoisotopic (exact) mass is 346 g/mol. The Hall–Kier alpha value is -1.27. The predicted molar refractivity (Wildman–Crippen MR) is 97.7 cm³/mol. The first kappa shape index (κ1) is 18.5. The molecule has 2 atom stereocenters. The molecule has 3 rings (SSSR count). The molecular formula is C20H30N2O3. The highest BCUT2D eigenvalue weighted by Crippen LogP contribution is 2.24. The van der Waals surface area contributed by atoms with Crippen LogP contribution in [-0.2, 0) is 11.3 Å². The summed E-state index contributed by atoms with van der Waals surface area (Å²) in [7, 11) is 0. The van der Waals surface area contributed by atoms with Gasteiger partial charge in [-0.15, -0.1) is 0 Å². The molecule has 0 aliphatic carbocycles. The zero-order valence-electron chi connectivity index (χ0n) is 15.2. The summed E-state index contributed by atoms with van der Waals surface area (Å²) in [5.74, 6) is 1.06. The van der Waals surface area contributed by atoms with Gasteiger partial charge in [0.1, 0.15) is 0 Å². The van der Waals surface area contributed by atoms with Gasteiger partial charge in [-0.2, -0.15) is 0 Å². The van der Waals surface area contributed by atoms with Gasteiger partial charge in [-0.05, 0) is 30.7 Å². The van der Waals surface area contributed by atoms with Crippen LogP contribution in [0, 0.1) is 11.8 Å². The first-order valence-corrected chi connectivity index (χ1v) is 9.37. The summed E-state index contributed by atoms with van der Waals surface area (Å²) in [6, 6.07) is 7.93. The van der Waals surface area contributed by atoms with Crippen molar-refractivity contribution in [2.45, 2.75) is 19.9 Å². The second-order valence-corrected chi connectivity index (χ2v) is 7.51. The number of nitrogens with zero attached hydrogens (tertiary/aromatic N) is 2. The number of Topliss-reactive ketones (excluding diaryl/α,β-unsaturated/α-hetero) is 1. The van der Waals surface area contributed by atoms with Gasteiger partial charge in [0.25, 0.3) is 0 Å². The van der Waals surface area contributed by atoms with Crippen LogP contribution in [0.25, 0.3) is 0 Å². The molecule has 5 nitrogen and oxygen atoms in total. The third-order valence-electron chi connectivity index (χ3n) is 5.34. The Morgan fingerprint density at radius 1 is 1.12 bits per heavy atom. The number of carbonyl (C=O) groups excluding carboxylic acids is 1. The Kier molecular flexibility index (Phi) is 6.59. The van der Waals surface area contributed by atoms with Crippen molar-refractivity contribution in [3.8, 4) is 0 Å². The third kappa shape index (κ3) is 5.35. The molecule has 5 heteroatoms. The molecule has 2 aliphatic rings. The maximum absolute atomic E-state index is 11.4. The predicted octanol–water partition coefficient (Wildman–Crippen LogP) is 1.65. The molecule has 0 aromatic heterocycles. The number of hydrogen-bond acceptors (Lipinski definition) is 5. The van der Waals surface area contributed by atoms with Crippen molar-refractivity contribution >= 4 is 5.78 Å². The Labute approximate surface area is 150 Å². The van der Waals surface area contributed by atoms with E-state index in [-0.39, 0.29) is 12.4 Å². The number of morpholine rings is 1. The molecule has 2 saturated heterocycles. The van der Waals surface area contributed by atoms with Gasteiger partial charge in [0.2, 0.25) is 0 Å². The molecule has 0 spiro atoms. The van der Waals surface area contributed by atoms with Gasteiger partial charge >= 0.3 is 0 Å². The van der Waals surface area contributed by atoms with Gasteiger partial charge in [-0.25, -0.2) is 0 Å². The minimum Gasteiger partial charge on any atom is -0.396 e. The topological polar surface area (TPSA) is 53.0 Å². The van der Waals surface area contributed by atoms with Crippen LogP contribution in [0.1, 0.15) is 29.3 Å². The van der Waals surface area contributed by atoms with Crippen LogP contribution in [0.4, 0.5) is 0 Å². The molecule has 2 unspecified atom stereocenters. The van der Waals surface area contributed by atoms with E-state index < -0.39 is 0 Å². The summed E-state index contributed by atoms with van der Waals surface area (Å²) in [6.45, 7) is 9.58. The summed E-state index contributed by atoms with van der Waals surface area (Å²) in [4.78, 5) is 16.4. The fourth-order valence-corrected chi connectivity index (χ4v) is 4.07. The van der Waals surface area contributed by atoms with E-state index in [0.717, 1.165) is 64.5 Å². The van der Waals surface area contributed by atoms with Gasteiger partial charge in [-0.1, -0.05) is 24.3 Å². The number of hydrogen-bond donors (Lipinski definition) is 1. The van der Waals surface area contributed by atoms with Crippen molar-refractivity contribution in [1.82, 2.24) is 9.80 Å². The minimum atomic E-state index is 0.107. The van der Waals surface area contributed by atoms with Crippen LogP contribution in [-0.4, -0.2) is 73.2 Å². The lowest BCUT2D eigenvalue weighted by atomic mass is 9.88. The Bertz CT molecular complexity index is 555. The molecule has 2 fully saturated rings. The molecule has 0 amide bonds. The van der Waals surface area contributed by atoms with Gasteiger partial charge in [-0.3, -0.25) is 14.6 Å². The van der Waals surface area contributed by atoms with E-state index in [9.17, 15) is 9.90 Å². The molecule has 1 aromatic rings. The third-order valence-corrected chi connectivity index (χ3v) is 5.34. The first-order valence-electron chi connectivity index (χ1n) is 9.37. The summed E-state index contributed by atoms with van der Waals surface area (Å²) in [5.41, 5.74) is 1.99. The average molecular weight is 346 g/mol. The second-order valence-electron chi connectivity index (χ2n) is 7.51. The molecular weight excluding hydrogens is 316 g/mol. The SMILES string of the molecule is CC(=O)c1ccc(CN2CC(CO)CC(CN3CCOCC3)C2)cc1. The van der Waals surface area contributed by atoms with E-state index in [1.54, 1.807) is 6.92 Å². The fourth-order valence-electron chi connectivity index (χ4n) is 4.07. The number of piperidine rings is 1. The van der Waals surface area contributed by atoms with Crippen molar-refractivity contribution in [2.75, 3.05) is 52.5 Å².